The zero-order valence-electron chi connectivity index (χ0n) is 13.1. The number of rotatable bonds is 5. The molecule has 0 aliphatic rings. The topological polar surface area (TPSA) is 107 Å². The van der Waals surface area contributed by atoms with Crippen molar-refractivity contribution in [2.75, 3.05) is 5.32 Å². The summed E-state index contributed by atoms with van der Waals surface area (Å²) in [5.74, 6) is 0.547. The molecule has 0 unspecified atom stereocenters. The number of pyridine rings is 1. The van der Waals surface area contributed by atoms with E-state index in [0.717, 1.165) is 23.9 Å². The standard InChI is InChI=1S/C17H17N5O2/c1-2-7-22-15-4-3-11(9-18)8-13(15)16(21-22)20-14-10-19-6-5-12(14)17(23)24/h3-6,8,10,17,23-24H,2,7H2,1H3,(H,20,21). The van der Waals surface area contributed by atoms with Crippen molar-refractivity contribution in [3.8, 4) is 6.07 Å². The van der Waals surface area contributed by atoms with Crippen molar-refractivity contribution in [1.82, 2.24) is 14.8 Å². The van der Waals surface area contributed by atoms with Crippen LogP contribution in [0.1, 0.15) is 30.8 Å². The van der Waals surface area contributed by atoms with Gasteiger partial charge in [0.05, 0.1) is 29.0 Å². The molecule has 2 aromatic heterocycles. The van der Waals surface area contributed by atoms with Crippen LogP contribution in [-0.4, -0.2) is 25.0 Å². The lowest BCUT2D eigenvalue weighted by Gasteiger charge is -2.11. The van der Waals surface area contributed by atoms with Crippen LogP contribution < -0.4 is 5.32 Å². The number of aliphatic hydroxyl groups excluding tert-OH is 1. The zero-order valence-corrected chi connectivity index (χ0v) is 13.1. The number of anilines is 2. The van der Waals surface area contributed by atoms with Crippen LogP contribution in [0.5, 0.6) is 0 Å². The predicted molar refractivity (Wildman–Crippen MR) is 89.4 cm³/mol. The van der Waals surface area contributed by atoms with Gasteiger partial charge in [0.1, 0.15) is 0 Å². The Morgan fingerprint density at radius 2 is 2.17 bits per heavy atom. The van der Waals surface area contributed by atoms with E-state index in [4.69, 9.17) is 5.26 Å². The van der Waals surface area contributed by atoms with Crippen molar-refractivity contribution in [2.45, 2.75) is 26.2 Å². The van der Waals surface area contributed by atoms with Crippen LogP contribution in [0.3, 0.4) is 0 Å². The number of benzene rings is 1. The smallest absolute Gasteiger partial charge is 0.180 e. The molecule has 122 valence electrons. The number of hydrogen-bond donors (Lipinski definition) is 3. The Bertz CT molecular complexity index is 911. The summed E-state index contributed by atoms with van der Waals surface area (Å²) in [4.78, 5) is 4.01. The summed E-state index contributed by atoms with van der Waals surface area (Å²) in [7, 11) is 0. The van der Waals surface area contributed by atoms with Crippen LogP contribution in [0.15, 0.2) is 36.7 Å². The van der Waals surface area contributed by atoms with Crippen LogP contribution in [-0.2, 0) is 6.54 Å². The number of aromatic nitrogens is 3. The predicted octanol–water partition coefficient (Wildman–Crippen LogP) is 2.44. The minimum absolute atomic E-state index is 0.305. The van der Waals surface area contributed by atoms with E-state index in [9.17, 15) is 10.2 Å². The first kappa shape index (κ1) is 15.9. The van der Waals surface area contributed by atoms with Crippen LogP contribution in [0.2, 0.25) is 0 Å². The number of aliphatic hydroxyl groups is 2. The van der Waals surface area contributed by atoms with Gasteiger partial charge in [-0.05, 0) is 30.7 Å². The van der Waals surface area contributed by atoms with E-state index in [0.29, 0.717) is 22.6 Å². The number of nitrogens with zero attached hydrogens (tertiary/aromatic N) is 4. The molecule has 0 aliphatic carbocycles. The molecule has 7 nitrogen and oxygen atoms in total. The lowest BCUT2D eigenvalue weighted by atomic mass is 10.1. The van der Waals surface area contributed by atoms with Crippen molar-refractivity contribution in [1.29, 1.82) is 5.26 Å². The Kier molecular flexibility index (Phi) is 4.42. The summed E-state index contributed by atoms with van der Waals surface area (Å²) in [5.41, 5.74) is 2.21. The molecule has 0 spiro atoms. The molecular formula is C17H17N5O2. The van der Waals surface area contributed by atoms with Gasteiger partial charge in [0.25, 0.3) is 0 Å². The Hall–Kier alpha value is -2.95. The van der Waals surface area contributed by atoms with Crippen molar-refractivity contribution in [3.05, 3.63) is 47.8 Å². The molecular weight excluding hydrogens is 306 g/mol. The third kappa shape index (κ3) is 2.93. The summed E-state index contributed by atoms with van der Waals surface area (Å²) in [6.07, 6.45) is 2.30. The molecule has 0 fully saturated rings. The number of hydrogen-bond acceptors (Lipinski definition) is 6. The van der Waals surface area contributed by atoms with E-state index in [1.807, 2.05) is 10.7 Å². The number of fused-ring (bicyclic) bond motifs is 1. The van der Waals surface area contributed by atoms with Gasteiger partial charge in [-0.1, -0.05) is 6.92 Å². The van der Waals surface area contributed by atoms with Gasteiger partial charge in [-0.2, -0.15) is 10.4 Å². The maximum Gasteiger partial charge on any atom is 0.180 e. The Morgan fingerprint density at radius 1 is 1.33 bits per heavy atom. The van der Waals surface area contributed by atoms with E-state index >= 15 is 0 Å². The van der Waals surface area contributed by atoms with Crippen LogP contribution in [0.4, 0.5) is 11.5 Å². The molecule has 0 bridgehead atoms. The minimum Gasteiger partial charge on any atom is -0.364 e. The molecule has 7 heteroatoms. The highest BCUT2D eigenvalue weighted by Gasteiger charge is 2.15. The normalized spacial score (nSPS) is 11.0. The van der Waals surface area contributed by atoms with Gasteiger partial charge in [0.15, 0.2) is 12.1 Å². The second kappa shape index (κ2) is 6.66. The first-order valence-corrected chi connectivity index (χ1v) is 7.61. The first-order chi connectivity index (χ1) is 11.6. The quantitative estimate of drug-likeness (QED) is 0.623. The Morgan fingerprint density at radius 3 is 2.88 bits per heavy atom. The maximum absolute atomic E-state index is 9.49. The summed E-state index contributed by atoms with van der Waals surface area (Å²) in [6, 6.07) is 9.04. The highest BCUT2D eigenvalue weighted by molar-refractivity contribution is 5.93. The SMILES string of the molecule is CCCn1nc(Nc2cnccc2C(O)O)c2cc(C#N)ccc21. The lowest BCUT2D eigenvalue weighted by Crippen LogP contribution is -2.03. The summed E-state index contributed by atoms with van der Waals surface area (Å²) in [6.45, 7) is 2.80. The number of aryl methyl sites for hydroxylation is 1. The number of nitriles is 1. The molecule has 0 atom stereocenters. The molecule has 3 N–H and O–H groups in total. The number of nitrogens with one attached hydrogen (secondary N) is 1. The van der Waals surface area contributed by atoms with Crippen molar-refractivity contribution < 1.29 is 10.2 Å². The molecule has 24 heavy (non-hydrogen) atoms. The fraction of sp³-hybridized carbons (Fsp3) is 0.235. The summed E-state index contributed by atoms with van der Waals surface area (Å²) in [5, 5.41) is 36.6. The highest BCUT2D eigenvalue weighted by atomic mass is 16.5. The van der Waals surface area contributed by atoms with Gasteiger partial charge < -0.3 is 15.5 Å². The van der Waals surface area contributed by atoms with Gasteiger partial charge in [-0.3, -0.25) is 9.67 Å². The second-order valence-electron chi connectivity index (χ2n) is 5.38. The Balaban J connectivity index is 2.11. The monoisotopic (exact) mass is 323 g/mol. The van der Waals surface area contributed by atoms with Gasteiger partial charge in [-0.25, -0.2) is 0 Å². The molecule has 0 saturated carbocycles. The molecule has 0 amide bonds. The highest BCUT2D eigenvalue weighted by Crippen LogP contribution is 2.29. The molecule has 1 aromatic carbocycles. The van der Waals surface area contributed by atoms with Crippen LogP contribution in [0.25, 0.3) is 10.9 Å². The van der Waals surface area contributed by atoms with Gasteiger partial charge in [0, 0.05) is 23.7 Å². The second-order valence-corrected chi connectivity index (χ2v) is 5.38. The molecule has 3 rings (SSSR count). The van der Waals surface area contributed by atoms with Gasteiger partial charge >= 0.3 is 0 Å². The third-order valence-electron chi connectivity index (χ3n) is 3.70. The van der Waals surface area contributed by atoms with Gasteiger partial charge in [-0.15, -0.1) is 0 Å². The molecule has 2 heterocycles. The van der Waals surface area contributed by atoms with Crippen molar-refractivity contribution >= 4 is 22.4 Å². The third-order valence-corrected chi connectivity index (χ3v) is 3.70. The van der Waals surface area contributed by atoms with E-state index in [1.54, 1.807) is 12.1 Å². The average molecular weight is 323 g/mol. The summed E-state index contributed by atoms with van der Waals surface area (Å²) < 4.78 is 1.87. The lowest BCUT2D eigenvalue weighted by molar-refractivity contribution is -0.0419. The fourth-order valence-corrected chi connectivity index (χ4v) is 2.59. The van der Waals surface area contributed by atoms with Gasteiger partial charge in [0.2, 0.25) is 0 Å². The first-order valence-electron chi connectivity index (χ1n) is 7.61. The van der Waals surface area contributed by atoms with E-state index in [-0.39, 0.29) is 0 Å². The van der Waals surface area contributed by atoms with Crippen LogP contribution in [0, 0.1) is 11.3 Å². The van der Waals surface area contributed by atoms with Crippen molar-refractivity contribution in [3.63, 3.8) is 0 Å². The largest absolute Gasteiger partial charge is 0.364 e. The van der Waals surface area contributed by atoms with Crippen molar-refractivity contribution in [2.24, 2.45) is 0 Å². The summed E-state index contributed by atoms with van der Waals surface area (Å²) >= 11 is 0. The molecule has 0 aliphatic heterocycles. The maximum atomic E-state index is 9.49. The Labute approximate surface area is 138 Å². The van der Waals surface area contributed by atoms with Crippen LogP contribution >= 0.6 is 0 Å². The molecule has 0 saturated heterocycles. The zero-order chi connectivity index (χ0) is 17.1. The van der Waals surface area contributed by atoms with E-state index in [1.165, 1.54) is 18.5 Å². The minimum atomic E-state index is -1.62. The fourth-order valence-electron chi connectivity index (χ4n) is 2.59. The average Bonchev–Trinajstić information content (AvgIpc) is 2.92. The van der Waals surface area contributed by atoms with E-state index < -0.39 is 6.29 Å². The molecule has 0 radical (unpaired) electrons. The molecule has 3 aromatic rings. The van der Waals surface area contributed by atoms with E-state index in [2.05, 4.69) is 28.4 Å².